The zero-order valence-electron chi connectivity index (χ0n) is 10.6. The molecule has 0 aromatic rings. The molecule has 0 amide bonds. The maximum atomic E-state index is 2.41. The molecule has 0 saturated heterocycles. The second-order valence-electron chi connectivity index (χ2n) is 5.99. The molecule has 0 rings (SSSR count). The van der Waals surface area contributed by atoms with Crippen LogP contribution in [0.3, 0.4) is 0 Å². The van der Waals surface area contributed by atoms with E-state index in [4.69, 9.17) is 0 Å². The standard InChI is InChI=1S/C13H28/c1-8-10(2)12(4)11(3)9-13(5,6)7/h10-12H,8-9H2,1-7H3. The van der Waals surface area contributed by atoms with Crippen molar-refractivity contribution in [1.29, 1.82) is 0 Å². The monoisotopic (exact) mass is 184 g/mol. The normalized spacial score (nSPS) is 19.6. The summed E-state index contributed by atoms with van der Waals surface area (Å²) < 4.78 is 0. The molecule has 0 saturated carbocycles. The van der Waals surface area contributed by atoms with E-state index in [-0.39, 0.29) is 0 Å². The average Bonchev–Trinajstić information content (AvgIpc) is 1.98. The molecule has 0 aromatic heterocycles. The summed E-state index contributed by atoms with van der Waals surface area (Å²) in [6, 6.07) is 0. The highest BCUT2D eigenvalue weighted by molar-refractivity contribution is 4.73. The molecule has 0 heteroatoms. The molecular formula is C13H28. The van der Waals surface area contributed by atoms with Crippen LogP contribution in [0.4, 0.5) is 0 Å². The Hall–Kier alpha value is 0. The van der Waals surface area contributed by atoms with Crippen LogP contribution in [0.5, 0.6) is 0 Å². The van der Waals surface area contributed by atoms with Crippen molar-refractivity contribution in [2.75, 3.05) is 0 Å². The fourth-order valence-electron chi connectivity index (χ4n) is 2.08. The lowest BCUT2D eigenvalue weighted by molar-refractivity contribution is 0.200. The number of hydrogen-bond acceptors (Lipinski definition) is 0. The molecule has 0 spiro atoms. The van der Waals surface area contributed by atoms with Crippen LogP contribution in [-0.2, 0) is 0 Å². The molecule has 0 N–H and O–H groups in total. The van der Waals surface area contributed by atoms with Crippen molar-refractivity contribution in [2.24, 2.45) is 23.2 Å². The molecule has 0 aromatic carbocycles. The predicted molar refractivity (Wildman–Crippen MR) is 61.9 cm³/mol. The van der Waals surface area contributed by atoms with Crippen LogP contribution in [0.25, 0.3) is 0 Å². The van der Waals surface area contributed by atoms with E-state index in [1.807, 2.05) is 0 Å². The maximum absolute atomic E-state index is 2.41. The van der Waals surface area contributed by atoms with Crippen molar-refractivity contribution >= 4 is 0 Å². The van der Waals surface area contributed by atoms with Gasteiger partial charge >= 0.3 is 0 Å². The molecule has 0 fully saturated rings. The second kappa shape index (κ2) is 5.02. The first kappa shape index (κ1) is 13.0. The van der Waals surface area contributed by atoms with Gasteiger partial charge in [-0.15, -0.1) is 0 Å². The highest BCUT2D eigenvalue weighted by atomic mass is 14.3. The zero-order valence-corrected chi connectivity index (χ0v) is 10.6. The van der Waals surface area contributed by atoms with Crippen molar-refractivity contribution in [3.63, 3.8) is 0 Å². The van der Waals surface area contributed by atoms with Crippen LogP contribution in [0.1, 0.15) is 61.3 Å². The van der Waals surface area contributed by atoms with E-state index in [1.165, 1.54) is 12.8 Å². The summed E-state index contributed by atoms with van der Waals surface area (Å²) in [4.78, 5) is 0. The maximum Gasteiger partial charge on any atom is -0.0380 e. The molecule has 0 radical (unpaired) electrons. The summed E-state index contributed by atoms with van der Waals surface area (Å²) in [6.45, 7) is 16.5. The zero-order chi connectivity index (χ0) is 10.6. The fourth-order valence-corrected chi connectivity index (χ4v) is 2.08. The van der Waals surface area contributed by atoms with E-state index >= 15 is 0 Å². The van der Waals surface area contributed by atoms with Gasteiger partial charge in [-0.05, 0) is 29.6 Å². The van der Waals surface area contributed by atoms with Crippen LogP contribution in [0.2, 0.25) is 0 Å². The van der Waals surface area contributed by atoms with Gasteiger partial charge in [0, 0.05) is 0 Å². The fraction of sp³-hybridized carbons (Fsp3) is 1.00. The molecule has 0 bridgehead atoms. The Morgan fingerprint density at radius 2 is 1.38 bits per heavy atom. The third-order valence-corrected chi connectivity index (χ3v) is 3.37. The first-order valence-corrected chi connectivity index (χ1v) is 5.78. The van der Waals surface area contributed by atoms with Crippen LogP contribution in [0.15, 0.2) is 0 Å². The minimum Gasteiger partial charge on any atom is -0.0651 e. The molecule has 0 nitrogen and oxygen atoms in total. The largest absolute Gasteiger partial charge is 0.0651 e. The van der Waals surface area contributed by atoms with Crippen LogP contribution in [-0.4, -0.2) is 0 Å². The van der Waals surface area contributed by atoms with Crippen molar-refractivity contribution in [2.45, 2.75) is 61.3 Å². The van der Waals surface area contributed by atoms with E-state index in [2.05, 4.69) is 48.5 Å². The van der Waals surface area contributed by atoms with Crippen LogP contribution in [0, 0.1) is 23.2 Å². The summed E-state index contributed by atoms with van der Waals surface area (Å²) in [5.74, 6) is 2.59. The Labute approximate surface area is 85.1 Å². The van der Waals surface area contributed by atoms with Gasteiger partial charge in [-0.3, -0.25) is 0 Å². The Kier molecular flexibility index (Phi) is 5.02. The molecule has 3 atom stereocenters. The summed E-state index contributed by atoms with van der Waals surface area (Å²) in [5, 5.41) is 0. The third kappa shape index (κ3) is 5.33. The van der Waals surface area contributed by atoms with Crippen LogP contribution < -0.4 is 0 Å². The van der Waals surface area contributed by atoms with E-state index in [0.29, 0.717) is 5.41 Å². The van der Waals surface area contributed by atoms with Gasteiger partial charge in [0.1, 0.15) is 0 Å². The lowest BCUT2D eigenvalue weighted by atomic mass is 9.75. The predicted octanol–water partition coefficient (Wildman–Crippen LogP) is 4.74. The SMILES string of the molecule is CCC(C)C(C)C(C)CC(C)(C)C. The first-order chi connectivity index (χ1) is 5.78. The minimum absolute atomic E-state index is 0.487. The average molecular weight is 184 g/mol. The second-order valence-corrected chi connectivity index (χ2v) is 5.99. The van der Waals surface area contributed by atoms with Gasteiger partial charge in [0.15, 0.2) is 0 Å². The van der Waals surface area contributed by atoms with Gasteiger partial charge in [0.2, 0.25) is 0 Å². The molecular weight excluding hydrogens is 156 g/mol. The van der Waals surface area contributed by atoms with E-state index in [9.17, 15) is 0 Å². The molecule has 80 valence electrons. The first-order valence-electron chi connectivity index (χ1n) is 5.78. The topological polar surface area (TPSA) is 0 Å². The minimum atomic E-state index is 0.487. The van der Waals surface area contributed by atoms with E-state index in [1.54, 1.807) is 0 Å². The quantitative estimate of drug-likeness (QED) is 0.592. The Balaban J connectivity index is 4.03. The summed E-state index contributed by atoms with van der Waals surface area (Å²) in [6.07, 6.45) is 2.66. The van der Waals surface area contributed by atoms with Crippen molar-refractivity contribution in [3.8, 4) is 0 Å². The van der Waals surface area contributed by atoms with Gasteiger partial charge in [-0.25, -0.2) is 0 Å². The molecule has 0 aliphatic heterocycles. The van der Waals surface area contributed by atoms with Crippen molar-refractivity contribution < 1.29 is 0 Å². The number of hydrogen-bond donors (Lipinski definition) is 0. The summed E-state index contributed by atoms with van der Waals surface area (Å²) >= 11 is 0. The smallest absolute Gasteiger partial charge is 0.0380 e. The third-order valence-electron chi connectivity index (χ3n) is 3.37. The van der Waals surface area contributed by atoms with Gasteiger partial charge < -0.3 is 0 Å². The van der Waals surface area contributed by atoms with Crippen LogP contribution >= 0.6 is 0 Å². The Morgan fingerprint density at radius 3 is 1.69 bits per heavy atom. The molecule has 3 unspecified atom stereocenters. The molecule has 13 heavy (non-hydrogen) atoms. The highest BCUT2D eigenvalue weighted by Crippen LogP contribution is 2.32. The summed E-state index contributed by atoms with van der Waals surface area (Å²) in [5.41, 5.74) is 0.487. The van der Waals surface area contributed by atoms with E-state index in [0.717, 1.165) is 17.8 Å². The highest BCUT2D eigenvalue weighted by Gasteiger charge is 2.22. The number of rotatable bonds is 4. The molecule has 0 heterocycles. The Bertz CT molecular complexity index is 129. The van der Waals surface area contributed by atoms with Gasteiger partial charge in [-0.2, -0.15) is 0 Å². The van der Waals surface area contributed by atoms with Gasteiger partial charge in [0.25, 0.3) is 0 Å². The lowest BCUT2D eigenvalue weighted by Crippen LogP contribution is -2.21. The summed E-state index contributed by atoms with van der Waals surface area (Å²) in [7, 11) is 0. The van der Waals surface area contributed by atoms with Gasteiger partial charge in [0.05, 0.1) is 0 Å². The molecule has 0 aliphatic carbocycles. The molecule has 0 aliphatic rings. The Morgan fingerprint density at radius 1 is 0.923 bits per heavy atom. The van der Waals surface area contributed by atoms with Crippen molar-refractivity contribution in [3.05, 3.63) is 0 Å². The van der Waals surface area contributed by atoms with Crippen molar-refractivity contribution in [1.82, 2.24) is 0 Å². The lowest BCUT2D eigenvalue weighted by Gasteiger charge is -2.30. The van der Waals surface area contributed by atoms with E-state index < -0.39 is 0 Å². The van der Waals surface area contributed by atoms with Gasteiger partial charge in [-0.1, -0.05) is 54.9 Å².